The molecule has 0 aromatic heterocycles. The monoisotopic (exact) mass is 1180 g/mol. The van der Waals surface area contributed by atoms with Gasteiger partial charge in [0.1, 0.15) is 19.3 Å². The minimum absolute atomic E-state index is 0.0293. The van der Waals surface area contributed by atoms with Gasteiger partial charge in [0.05, 0.1) is 33.8 Å². The molecule has 3 unspecified atom stereocenters. The van der Waals surface area contributed by atoms with E-state index >= 15 is 0 Å². The summed E-state index contributed by atoms with van der Waals surface area (Å²) in [5, 5.41) is 3.05. The van der Waals surface area contributed by atoms with Gasteiger partial charge < -0.3 is 19.4 Å². The third-order valence-corrected chi connectivity index (χ3v) is 15.4. The SMILES string of the molecule is CC/C=C\C/C=C\C/C=C\C/C=C\C/C=C\CCCCCCCC(=O)OC(/C=C\CCCCCCCCCCC)C(COP(=O)(O)OCC[N+](C)(C)C)NC(=O)CCCCCCCCCCC/C=C\C/C=C\C/C=C\C/C=C\CCCCC. The number of unbranched alkanes of at least 4 members (excludes halogenated alkanes) is 26. The molecule has 3 atom stereocenters. The van der Waals surface area contributed by atoms with E-state index in [1.54, 1.807) is 0 Å². The van der Waals surface area contributed by atoms with Gasteiger partial charge in [0.2, 0.25) is 5.91 Å². The maximum Gasteiger partial charge on any atom is 0.472 e. The second kappa shape index (κ2) is 61.5. The highest BCUT2D eigenvalue weighted by Gasteiger charge is 2.30. The number of phosphoric ester groups is 1. The molecule has 0 saturated heterocycles. The number of nitrogens with zero attached hydrogens (tertiary/aromatic N) is 1. The number of allylic oxidation sites excluding steroid dienone is 19. The van der Waals surface area contributed by atoms with Crippen LogP contribution >= 0.6 is 7.82 Å². The number of phosphoric acid groups is 1. The molecule has 9 nitrogen and oxygen atoms in total. The van der Waals surface area contributed by atoms with Gasteiger partial charge in [-0.1, -0.05) is 265 Å². The number of ether oxygens (including phenoxy) is 1. The van der Waals surface area contributed by atoms with Gasteiger partial charge in [-0.15, -0.1) is 0 Å². The Labute approximate surface area is 512 Å². The Balaban J connectivity index is 5.15. The molecule has 0 saturated carbocycles. The maximum atomic E-state index is 13.6. The summed E-state index contributed by atoms with van der Waals surface area (Å²) in [7, 11) is 1.46. The molecule has 0 fully saturated rings. The van der Waals surface area contributed by atoms with Crippen LogP contribution in [0.4, 0.5) is 0 Å². The lowest BCUT2D eigenvalue weighted by atomic mass is 10.0. The third-order valence-electron chi connectivity index (χ3n) is 14.4. The molecule has 0 heterocycles. The number of carbonyl (C=O) groups excluding carboxylic acids is 2. The van der Waals surface area contributed by atoms with Crippen LogP contribution < -0.4 is 5.32 Å². The summed E-state index contributed by atoms with van der Waals surface area (Å²) in [5.74, 6) is -0.539. The lowest BCUT2D eigenvalue weighted by molar-refractivity contribution is -0.870. The van der Waals surface area contributed by atoms with Crippen LogP contribution in [0.1, 0.15) is 278 Å². The van der Waals surface area contributed by atoms with E-state index in [1.165, 1.54) is 103 Å². The van der Waals surface area contributed by atoms with E-state index in [9.17, 15) is 19.0 Å². The van der Waals surface area contributed by atoms with Crippen LogP contribution in [-0.2, 0) is 27.9 Å². The van der Waals surface area contributed by atoms with Gasteiger partial charge in [0.15, 0.2) is 0 Å². The molecule has 0 spiro atoms. The predicted octanol–water partition coefficient (Wildman–Crippen LogP) is 21.4. The minimum Gasteiger partial charge on any atom is -0.456 e. The molecular weight excluding hydrogens is 1050 g/mol. The molecule has 10 heteroatoms. The summed E-state index contributed by atoms with van der Waals surface area (Å²) < 4.78 is 30.7. The molecule has 0 bridgehead atoms. The first-order valence-electron chi connectivity index (χ1n) is 33.9. The summed E-state index contributed by atoms with van der Waals surface area (Å²) in [6.45, 7) is 6.85. The van der Waals surface area contributed by atoms with E-state index in [2.05, 4.69) is 135 Å². The number of hydrogen-bond donors (Lipinski definition) is 2. The average Bonchev–Trinajstić information content (AvgIpc) is 3.51. The Morgan fingerprint density at radius 1 is 0.434 bits per heavy atom. The number of amides is 1. The first kappa shape index (κ1) is 79.4. The van der Waals surface area contributed by atoms with E-state index in [4.69, 9.17) is 13.8 Å². The number of hydrogen-bond acceptors (Lipinski definition) is 6. The van der Waals surface area contributed by atoms with Gasteiger partial charge in [0, 0.05) is 12.8 Å². The third kappa shape index (κ3) is 62.8. The van der Waals surface area contributed by atoms with Crippen LogP contribution in [0.2, 0.25) is 0 Å². The Kier molecular flexibility index (Phi) is 58.8. The Bertz CT molecular complexity index is 1830. The highest BCUT2D eigenvalue weighted by Crippen LogP contribution is 2.43. The highest BCUT2D eigenvalue weighted by molar-refractivity contribution is 7.47. The second-order valence-corrected chi connectivity index (χ2v) is 25.1. The van der Waals surface area contributed by atoms with Crippen molar-refractivity contribution in [3.63, 3.8) is 0 Å². The van der Waals surface area contributed by atoms with Crippen molar-refractivity contribution in [3.05, 3.63) is 122 Å². The molecule has 0 aromatic rings. The van der Waals surface area contributed by atoms with Crippen LogP contribution in [0.5, 0.6) is 0 Å². The Morgan fingerprint density at radius 3 is 1.18 bits per heavy atom. The van der Waals surface area contributed by atoms with Crippen molar-refractivity contribution in [2.24, 2.45) is 0 Å². The van der Waals surface area contributed by atoms with Crippen molar-refractivity contribution in [2.75, 3.05) is 40.9 Å². The van der Waals surface area contributed by atoms with Crippen molar-refractivity contribution in [3.8, 4) is 0 Å². The topological polar surface area (TPSA) is 111 Å². The second-order valence-electron chi connectivity index (χ2n) is 23.6. The van der Waals surface area contributed by atoms with E-state index in [0.29, 0.717) is 23.9 Å². The molecule has 0 aliphatic heterocycles. The summed E-state index contributed by atoms with van der Waals surface area (Å²) in [6.07, 6.45) is 86.3. The van der Waals surface area contributed by atoms with Crippen molar-refractivity contribution in [1.29, 1.82) is 0 Å². The normalized spacial score (nSPS) is 14.3. The number of esters is 1. The number of quaternary nitrogens is 1. The van der Waals surface area contributed by atoms with Gasteiger partial charge in [-0.05, 0) is 122 Å². The first-order chi connectivity index (χ1) is 40.4. The van der Waals surface area contributed by atoms with Gasteiger partial charge in [-0.25, -0.2) is 4.57 Å². The molecule has 0 radical (unpaired) electrons. The summed E-state index contributed by atoms with van der Waals surface area (Å²) >= 11 is 0. The zero-order valence-corrected chi connectivity index (χ0v) is 55.3. The zero-order valence-electron chi connectivity index (χ0n) is 54.4. The fraction of sp³-hybridized carbons (Fsp3) is 0.699. The van der Waals surface area contributed by atoms with E-state index in [-0.39, 0.29) is 31.5 Å². The molecule has 476 valence electrons. The van der Waals surface area contributed by atoms with Gasteiger partial charge in [-0.3, -0.25) is 18.6 Å². The standard InChI is InChI=1S/C73H127N2O7P/c1-7-10-13-16-19-22-25-27-29-31-33-35-36-37-38-40-41-43-45-47-50-53-56-59-62-65-72(76)74-70(69-81-83(78,79)80-68-67-75(4,5)6)71(64-61-58-55-52-49-24-21-18-15-12-9-3)82-73(77)66-63-60-57-54-51-48-46-44-42-39-34-32-30-28-26-23-20-17-14-11-8-2/h11,14,19-20,22-23,27-30,33-35,37-39,44,46,61,64,70-71H,7-10,12-13,15-18,21,24-26,31-32,36,40-43,45,47-60,62-63,65-69H2,1-6H3,(H-,74,76,78,79)/p+1/b14-11-,22-19-,23-20-,29-27-,30-28-,35-33-,38-37-,39-34-,46-44-,64-61-. The van der Waals surface area contributed by atoms with Crippen molar-refractivity contribution < 1.29 is 37.3 Å². The van der Waals surface area contributed by atoms with Crippen LogP contribution in [0, 0.1) is 0 Å². The number of rotatable bonds is 60. The van der Waals surface area contributed by atoms with E-state index in [0.717, 1.165) is 135 Å². The molecule has 0 aliphatic rings. The summed E-state index contributed by atoms with van der Waals surface area (Å²) in [4.78, 5) is 37.8. The highest BCUT2D eigenvalue weighted by atomic mass is 31.2. The van der Waals surface area contributed by atoms with E-state index < -0.39 is 20.0 Å². The smallest absolute Gasteiger partial charge is 0.456 e. The summed E-state index contributed by atoms with van der Waals surface area (Å²) in [6, 6.07) is -0.869. The van der Waals surface area contributed by atoms with Crippen molar-refractivity contribution in [2.45, 2.75) is 290 Å². The fourth-order valence-electron chi connectivity index (χ4n) is 9.19. The van der Waals surface area contributed by atoms with Gasteiger partial charge in [-0.2, -0.15) is 0 Å². The molecule has 0 aromatic carbocycles. The number of nitrogens with one attached hydrogen (secondary N) is 1. The predicted molar refractivity (Wildman–Crippen MR) is 360 cm³/mol. The number of carbonyl (C=O) groups is 2. The first-order valence-corrected chi connectivity index (χ1v) is 35.4. The minimum atomic E-state index is -4.47. The molecular formula is C73H128N2O7P+. The van der Waals surface area contributed by atoms with Crippen LogP contribution in [0.25, 0.3) is 0 Å². The number of likely N-dealkylation sites (N-methyl/N-ethyl adjacent to an activating group) is 1. The van der Waals surface area contributed by atoms with Gasteiger partial charge >= 0.3 is 13.8 Å². The molecule has 83 heavy (non-hydrogen) atoms. The fourth-order valence-corrected chi connectivity index (χ4v) is 9.92. The molecule has 1 amide bonds. The van der Waals surface area contributed by atoms with Crippen LogP contribution in [0.15, 0.2) is 122 Å². The quantitative estimate of drug-likeness (QED) is 0.0205. The molecule has 2 N–H and O–H groups in total. The van der Waals surface area contributed by atoms with Gasteiger partial charge in [0.25, 0.3) is 0 Å². The Morgan fingerprint density at radius 2 is 0.771 bits per heavy atom. The van der Waals surface area contributed by atoms with E-state index in [1.807, 2.05) is 33.3 Å². The maximum absolute atomic E-state index is 13.6. The van der Waals surface area contributed by atoms with Crippen molar-refractivity contribution >= 4 is 19.7 Å². The molecule has 0 rings (SSSR count). The molecule has 0 aliphatic carbocycles. The zero-order chi connectivity index (χ0) is 60.7. The average molecular weight is 1180 g/mol. The summed E-state index contributed by atoms with van der Waals surface area (Å²) in [5.41, 5.74) is 0. The lowest BCUT2D eigenvalue weighted by Gasteiger charge is -2.27. The van der Waals surface area contributed by atoms with Crippen molar-refractivity contribution in [1.82, 2.24) is 5.32 Å². The Hall–Kier alpha value is -3.59. The largest absolute Gasteiger partial charge is 0.472 e. The van der Waals surface area contributed by atoms with Crippen LogP contribution in [-0.4, -0.2) is 74.3 Å². The van der Waals surface area contributed by atoms with Crippen LogP contribution in [0.3, 0.4) is 0 Å². The lowest BCUT2D eigenvalue weighted by Crippen LogP contribution is -2.47.